The third kappa shape index (κ3) is 4.53. The minimum Gasteiger partial charge on any atom is -0.313 e. The van der Waals surface area contributed by atoms with Gasteiger partial charge in [0, 0.05) is 13.1 Å². The minimum absolute atomic E-state index is 0.219. The van der Waals surface area contributed by atoms with Crippen LogP contribution in [0.4, 0.5) is 0 Å². The van der Waals surface area contributed by atoms with E-state index < -0.39 is 10.0 Å². The lowest BCUT2D eigenvalue weighted by molar-refractivity contribution is 0.475. The average Bonchev–Trinajstić information content (AvgIpc) is 3.27. The smallest absolute Gasteiger partial charge is 0.240 e. The highest BCUT2D eigenvalue weighted by Gasteiger charge is 2.41. The Morgan fingerprint density at radius 3 is 2.33 bits per heavy atom. The molecule has 0 amide bonds. The number of hydrogen-bond donors (Lipinski definition) is 2. The first-order chi connectivity index (χ1) is 10.0. The molecule has 118 valence electrons. The molecule has 0 bridgehead atoms. The van der Waals surface area contributed by atoms with Crippen LogP contribution in [0.25, 0.3) is 0 Å². The van der Waals surface area contributed by atoms with Crippen LogP contribution in [0.5, 0.6) is 0 Å². The lowest BCUT2D eigenvalue weighted by Crippen LogP contribution is -2.30. The molecule has 1 saturated carbocycles. The van der Waals surface area contributed by atoms with E-state index in [1.165, 1.54) is 0 Å². The van der Waals surface area contributed by atoms with Gasteiger partial charge in [0.1, 0.15) is 0 Å². The molecule has 0 aliphatic heterocycles. The van der Waals surface area contributed by atoms with E-state index >= 15 is 0 Å². The first-order valence-electron chi connectivity index (χ1n) is 7.81. The SMILES string of the molecule is CCCNCc1ccc(S(=O)(=O)NCC2(CC)CC2)cc1. The predicted octanol–water partition coefficient (Wildman–Crippen LogP) is 2.65. The van der Waals surface area contributed by atoms with Crippen molar-refractivity contribution in [2.24, 2.45) is 5.41 Å². The van der Waals surface area contributed by atoms with Crippen LogP contribution < -0.4 is 10.0 Å². The molecular formula is C16H26N2O2S. The Hall–Kier alpha value is -0.910. The summed E-state index contributed by atoms with van der Waals surface area (Å²) in [5.41, 5.74) is 1.33. The Morgan fingerprint density at radius 2 is 1.81 bits per heavy atom. The van der Waals surface area contributed by atoms with Crippen LogP contribution >= 0.6 is 0 Å². The lowest BCUT2D eigenvalue weighted by Gasteiger charge is -2.14. The maximum atomic E-state index is 12.3. The van der Waals surface area contributed by atoms with E-state index in [1.807, 2.05) is 12.1 Å². The van der Waals surface area contributed by atoms with Crippen molar-refractivity contribution in [3.05, 3.63) is 29.8 Å². The highest BCUT2D eigenvalue weighted by Crippen LogP contribution is 2.48. The molecule has 2 N–H and O–H groups in total. The first kappa shape index (κ1) is 16.5. The van der Waals surface area contributed by atoms with Crippen molar-refractivity contribution >= 4 is 10.0 Å². The van der Waals surface area contributed by atoms with E-state index in [1.54, 1.807) is 12.1 Å². The second-order valence-corrected chi connectivity index (χ2v) is 7.77. The molecule has 1 aliphatic rings. The fraction of sp³-hybridized carbons (Fsp3) is 0.625. The molecule has 2 rings (SSSR count). The number of nitrogens with one attached hydrogen (secondary N) is 2. The van der Waals surface area contributed by atoms with E-state index in [0.29, 0.717) is 11.4 Å². The van der Waals surface area contributed by atoms with Crippen molar-refractivity contribution in [2.45, 2.75) is 51.0 Å². The van der Waals surface area contributed by atoms with E-state index in [-0.39, 0.29) is 5.41 Å². The molecule has 5 heteroatoms. The molecule has 1 aliphatic carbocycles. The maximum absolute atomic E-state index is 12.3. The van der Waals surface area contributed by atoms with Crippen molar-refractivity contribution < 1.29 is 8.42 Å². The molecule has 1 fully saturated rings. The summed E-state index contributed by atoms with van der Waals surface area (Å²) in [4.78, 5) is 0.355. The van der Waals surface area contributed by atoms with Crippen LogP contribution in [-0.4, -0.2) is 21.5 Å². The average molecular weight is 310 g/mol. The zero-order chi connectivity index (χ0) is 15.3. The fourth-order valence-corrected chi connectivity index (χ4v) is 3.52. The quantitative estimate of drug-likeness (QED) is 0.689. The molecule has 0 heterocycles. The number of rotatable bonds is 9. The van der Waals surface area contributed by atoms with Crippen LogP contribution in [0.2, 0.25) is 0 Å². The van der Waals surface area contributed by atoms with E-state index in [4.69, 9.17) is 0 Å². The maximum Gasteiger partial charge on any atom is 0.240 e. The highest BCUT2D eigenvalue weighted by atomic mass is 32.2. The van der Waals surface area contributed by atoms with Crippen molar-refractivity contribution in [3.63, 3.8) is 0 Å². The molecule has 0 spiro atoms. The molecule has 0 aromatic heterocycles. The van der Waals surface area contributed by atoms with E-state index in [9.17, 15) is 8.42 Å². The predicted molar refractivity (Wildman–Crippen MR) is 85.6 cm³/mol. The van der Waals surface area contributed by atoms with Crippen molar-refractivity contribution in [1.29, 1.82) is 0 Å². The zero-order valence-electron chi connectivity index (χ0n) is 13.0. The van der Waals surface area contributed by atoms with Gasteiger partial charge in [0.2, 0.25) is 10.0 Å². The molecular weight excluding hydrogens is 284 g/mol. The van der Waals surface area contributed by atoms with Gasteiger partial charge < -0.3 is 5.32 Å². The normalized spacial score (nSPS) is 16.9. The summed E-state index contributed by atoms with van der Waals surface area (Å²) in [6, 6.07) is 7.14. The van der Waals surface area contributed by atoms with Crippen molar-refractivity contribution in [3.8, 4) is 0 Å². The second kappa shape index (κ2) is 6.90. The first-order valence-corrected chi connectivity index (χ1v) is 9.29. The molecule has 0 atom stereocenters. The summed E-state index contributed by atoms with van der Waals surface area (Å²) in [7, 11) is -3.38. The van der Waals surface area contributed by atoms with Gasteiger partial charge in [-0.3, -0.25) is 0 Å². The van der Waals surface area contributed by atoms with Gasteiger partial charge in [-0.05, 0) is 55.3 Å². The Kier molecular flexibility index (Phi) is 5.41. The topological polar surface area (TPSA) is 58.2 Å². The van der Waals surface area contributed by atoms with E-state index in [0.717, 1.165) is 44.3 Å². The monoisotopic (exact) mass is 310 g/mol. The van der Waals surface area contributed by atoms with Crippen LogP contribution in [0.3, 0.4) is 0 Å². The Bertz CT molecular complexity index is 548. The van der Waals surface area contributed by atoms with Gasteiger partial charge >= 0.3 is 0 Å². The Morgan fingerprint density at radius 1 is 1.14 bits per heavy atom. The standard InChI is InChI=1S/C16H26N2O2S/c1-3-11-17-12-14-5-7-15(8-6-14)21(19,20)18-13-16(4-2)9-10-16/h5-8,17-18H,3-4,9-13H2,1-2H3. The van der Waals surface area contributed by atoms with Crippen LogP contribution in [0.1, 0.15) is 45.1 Å². The Labute approximate surface area is 128 Å². The largest absolute Gasteiger partial charge is 0.313 e. The molecule has 0 unspecified atom stereocenters. The number of hydrogen-bond acceptors (Lipinski definition) is 3. The lowest BCUT2D eigenvalue weighted by atomic mass is 10.1. The number of sulfonamides is 1. The van der Waals surface area contributed by atoms with Crippen LogP contribution in [-0.2, 0) is 16.6 Å². The van der Waals surface area contributed by atoms with Gasteiger partial charge in [-0.25, -0.2) is 13.1 Å². The minimum atomic E-state index is -3.38. The van der Waals surface area contributed by atoms with Crippen molar-refractivity contribution in [1.82, 2.24) is 10.0 Å². The highest BCUT2D eigenvalue weighted by molar-refractivity contribution is 7.89. The van der Waals surface area contributed by atoms with Gasteiger partial charge in [0.15, 0.2) is 0 Å². The Balaban J connectivity index is 1.93. The van der Waals surface area contributed by atoms with Crippen molar-refractivity contribution in [2.75, 3.05) is 13.1 Å². The van der Waals surface area contributed by atoms with Gasteiger partial charge in [-0.15, -0.1) is 0 Å². The van der Waals surface area contributed by atoms with Gasteiger partial charge in [0.05, 0.1) is 4.90 Å². The third-order valence-electron chi connectivity index (χ3n) is 4.33. The van der Waals surface area contributed by atoms with Crippen LogP contribution in [0.15, 0.2) is 29.2 Å². The summed E-state index contributed by atoms with van der Waals surface area (Å²) in [5, 5.41) is 3.31. The molecule has 1 aromatic rings. The molecule has 1 aromatic carbocycles. The fourth-order valence-electron chi connectivity index (χ4n) is 2.36. The van der Waals surface area contributed by atoms with E-state index in [2.05, 4.69) is 23.9 Å². The summed E-state index contributed by atoms with van der Waals surface area (Å²) >= 11 is 0. The van der Waals surface area contributed by atoms with Gasteiger partial charge in [-0.1, -0.05) is 26.0 Å². The molecule has 4 nitrogen and oxygen atoms in total. The summed E-state index contributed by atoms with van der Waals surface area (Å²) in [5.74, 6) is 0. The number of benzene rings is 1. The molecule has 21 heavy (non-hydrogen) atoms. The summed E-state index contributed by atoms with van der Waals surface area (Å²) < 4.78 is 27.3. The summed E-state index contributed by atoms with van der Waals surface area (Å²) in [6.45, 7) is 6.56. The third-order valence-corrected chi connectivity index (χ3v) is 5.75. The molecule has 0 radical (unpaired) electrons. The summed E-state index contributed by atoms with van der Waals surface area (Å²) in [6.07, 6.45) is 4.40. The molecule has 0 saturated heterocycles. The van der Waals surface area contributed by atoms with Gasteiger partial charge in [0.25, 0.3) is 0 Å². The van der Waals surface area contributed by atoms with Gasteiger partial charge in [-0.2, -0.15) is 0 Å². The second-order valence-electron chi connectivity index (χ2n) is 6.00. The van der Waals surface area contributed by atoms with Crippen LogP contribution in [0, 0.1) is 5.41 Å². The zero-order valence-corrected chi connectivity index (χ0v) is 13.8.